The van der Waals surface area contributed by atoms with Crippen LogP contribution in [0, 0.1) is 0 Å². The maximum atomic E-state index is 10.4. The Kier molecular flexibility index (Phi) is 4.19. The largest absolute Gasteiger partial charge is 0.289 e. The summed E-state index contributed by atoms with van der Waals surface area (Å²) in [5.41, 5.74) is 0. The number of carbonyl (C=O) groups excluding carboxylic acids is 2. The molecule has 0 aromatic carbocycles. The zero-order valence-electron chi connectivity index (χ0n) is 4.23. The van der Waals surface area contributed by atoms with Crippen molar-refractivity contribution in [2.24, 2.45) is 0 Å². The zero-order valence-corrected chi connectivity index (χ0v) is 6.50. The smallest absolute Gasteiger partial charge is 0.232 e. The van der Waals surface area contributed by atoms with Crippen molar-refractivity contribution < 1.29 is 9.59 Å². The van der Waals surface area contributed by atoms with Crippen LogP contribution in [-0.4, -0.2) is 22.3 Å². The van der Waals surface area contributed by atoms with E-state index >= 15 is 0 Å². The van der Waals surface area contributed by atoms with Gasteiger partial charge in [-0.1, -0.05) is 23.2 Å². The van der Waals surface area contributed by atoms with Crippen LogP contribution in [0.1, 0.15) is 0 Å². The van der Waals surface area contributed by atoms with Gasteiger partial charge >= 0.3 is 0 Å². The molecular weight excluding hydrogens is 186 g/mol. The highest BCUT2D eigenvalue weighted by atomic mass is 35.5. The van der Waals surface area contributed by atoms with E-state index in [-0.39, 0.29) is 5.88 Å². The lowest BCUT2D eigenvalue weighted by Crippen LogP contribution is -2.21. The number of hydrogen-bond donors (Lipinski definition) is 0. The number of rotatable bonds is 3. The van der Waals surface area contributed by atoms with Crippen molar-refractivity contribution in [3.05, 3.63) is 0 Å². The summed E-state index contributed by atoms with van der Waals surface area (Å²) in [7, 11) is 0. The van der Waals surface area contributed by atoms with Gasteiger partial charge in [0, 0.05) is 0 Å². The van der Waals surface area contributed by atoms with Gasteiger partial charge in [-0.3, -0.25) is 9.59 Å². The SMILES string of the molecule is O=C(CCl)C(=O)C(Cl)Cl. The van der Waals surface area contributed by atoms with Gasteiger partial charge in [-0.25, -0.2) is 0 Å². The summed E-state index contributed by atoms with van der Waals surface area (Å²) < 4.78 is 0. The first-order valence-corrected chi connectivity index (χ1v) is 3.41. The molecule has 5 heteroatoms. The van der Waals surface area contributed by atoms with Gasteiger partial charge < -0.3 is 0 Å². The van der Waals surface area contributed by atoms with Crippen molar-refractivity contribution in [3.63, 3.8) is 0 Å². The summed E-state index contributed by atoms with van der Waals surface area (Å²) in [4.78, 5) is 19.4. The maximum absolute atomic E-state index is 10.4. The average molecular weight is 189 g/mol. The first kappa shape index (κ1) is 9.21. The van der Waals surface area contributed by atoms with E-state index in [0.717, 1.165) is 0 Å². The van der Waals surface area contributed by atoms with Crippen molar-refractivity contribution >= 4 is 46.4 Å². The molecule has 0 aliphatic carbocycles. The van der Waals surface area contributed by atoms with E-state index in [1.807, 2.05) is 0 Å². The molecule has 0 spiro atoms. The summed E-state index contributed by atoms with van der Waals surface area (Å²) >= 11 is 15.1. The molecule has 0 aliphatic rings. The van der Waals surface area contributed by atoms with Crippen LogP contribution in [0.2, 0.25) is 0 Å². The summed E-state index contributed by atoms with van der Waals surface area (Å²) in [6.07, 6.45) is 0. The molecular formula is C4H3Cl3O2. The molecule has 0 aromatic heterocycles. The molecule has 0 aliphatic heterocycles. The molecule has 0 saturated carbocycles. The van der Waals surface area contributed by atoms with Gasteiger partial charge in [0.15, 0.2) is 4.84 Å². The molecule has 0 saturated heterocycles. The summed E-state index contributed by atoms with van der Waals surface area (Å²) in [5, 5.41) is 0. The van der Waals surface area contributed by atoms with Crippen LogP contribution < -0.4 is 0 Å². The van der Waals surface area contributed by atoms with Crippen molar-refractivity contribution in [1.29, 1.82) is 0 Å². The number of alkyl halides is 3. The van der Waals surface area contributed by atoms with E-state index in [9.17, 15) is 9.59 Å². The Morgan fingerprint density at radius 1 is 1.33 bits per heavy atom. The number of halogens is 3. The minimum absolute atomic E-state index is 0.366. The molecule has 9 heavy (non-hydrogen) atoms. The lowest BCUT2D eigenvalue weighted by molar-refractivity contribution is -0.134. The quantitative estimate of drug-likeness (QED) is 0.493. The fourth-order valence-corrected chi connectivity index (χ4v) is 0.563. The number of hydrogen-bond acceptors (Lipinski definition) is 2. The number of ketones is 2. The van der Waals surface area contributed by atoms with E-state index < -0.39 is 16.4 Å². The molecule has 0 bridgehead atoms. The van der Waals surface area contributed by atoms with Gasteiger partial charge in [-0.05, 0) is 0 Å². The van der Waals surface area contributed by atoms with Gasteiger partial charge in [-0.2, -0.15) is 0 Å². The van der Waals surface area contributed by atoms with Crippen molar-refractivity contribution in [3.8, 4) is 0 Å². The van der Waals surface area contributed by atoms with Crippen LogP contribution in [0.3, 0.4) is 0 Å². The van der Waals surface area contributed by atoms with Crippen LogP contribution in [0.15, 0.2) is 0 Å². The molecule has 0 aromatic rings. The predicted molar refractivity (Wildman–Crippen MR) is 36.2 cm³/mol. The van der Waals surface area contributed by atoms with E-state index in [1.54, 1.807) is 0 Å². The third kappa shape index (κ3) is 3.04. The van der Waals surface area contributed by atoms with Gasteiger partial charge in [0.25, 0.3) is 0 Å². The molecule has 0 radical (unpaired) electrons. The first-order valence-electron chi connectivity index (χ1n) is 2.00. The molecule has 52 valence electrons. The number of carbonyl (C=O) groups is 2. The topological polar surface area (TPSA) is 34.1 Å². The Labute approximate surface area is 67.1 Å². The molecule has 0 atom stereocenters. The molecule has 0 amide bonds. The summed E-state index contributed by atoms with van der Waals surface area (Å²) in [6, 6.07) is 0. The fraction of sp³-hybridized carbons (Fsp3) is 0.500. The van der Waals surface area contributed by atoms with Crippen LogP contribution in [0.25, 0.3) is 0 Å². The lowest BCUT2D eigenvalue weighted by Gasteiger charge is -1.93. The van der Waals surface area contributed by atoms with E-state index in [4.69, 9.17) is 34.8 Å². The molecule has 0 N–H and O–H groups in total. The predicted octanol–water partition coefficient (Wildman–Crippen LogP) is 1.17. The summed E-state index contributed by atoms with van der Waals surface area (Å²) in [6.45, 7) is 0. The lowest BCUT2D eigenvalue weighted by atomic mass is 10.3. The Morgan fingerprint density at radius 2 is 1.78 bits per heavy atom. The second kappa shape index (κ2) is 4.09. The third-order valence-electron chi connectivity index (χ3n) is 0.594. The molecule has 0 unspecified atom stereocenters. The zero-order chi connectivity index (χ0) is 7.44. The molecule has 0 fully saturated rings. The van der Waals surface area contributed by atoms with Crippen molar-refractivity contribution in [1.82, 2.24) is 0 Å². The standard InChI is InChI=1S/C4H3Cl3O2/c5-1-2(8)3(9)4(6)7/h4H,1H2. The van der Waals surface area contributed by atoms with Crippen LogP contribution in [0.5, 0.6) is 0 Å². The molecule has 0 heterocycles. The van der Waals surface area contributed by atoms with Gasteiger partial charge in [0.05, 0.1) is 5.88 Å². The highest BCUT2D eigenvalue weighted by Crippen LogP contribution is 2.03. The monoisotopic (exact) mass is 188 g/mol. The maximum Gasteiger partial charge on any atom is 0.232 e. The minimum Gasteiger partial charge on any atom is -0.289 e. The Balaban J connectivity index is 3.89. The van der Waals surface area contributed by atoms with E-state index in [1.165, 1.54) is 0 Å². The fourth-order valence-electron chi connectivity index (χ4n) is 0.188. The first-order chi connectivity index (χ1) is 4.09. The average Bonchev–Trinajstić information content (AvgIpc) is 1.84. The second-order valence-electron chi connectivity index (χ2n) is 1.22. The van der Waals surface area contributed by atoms with Gasteiger partial charge in [0.2, 0.25) is 11.6 Å². The highest BCUT2D eigenvalue weighted by molar-refractivity contribution is 6.65. The summed E-state index contributed by atoms with van der Waals surface area (Å²) in [5.74, 6) is -1.98. The van der Waals surface area contributed by atoms with Crippen molar-refractivity contribution in [2.75, 3.05) is 5.88 Å². The Morgan fingerprint density at radius 3 is 1.89 bits per heavy atom. The van der Waals surface area contributed by atoms with Gasteiger partial charge in [0.1, 0.15) is 0 Å². The normalized spacial score (nSPS) is 9.78. The third-order valence-corrected chi connectivity index (χ3v) is 1.23. The van der Waals surface area contributed by atoms with Crippen molar-refractivity contribution in [2.45, 2.75) is 4.84 Å². The van der Waals surface area contributed by atoms with Crippen LogP contribution >= 0.6 is 34.8 Å². The second-order valence-corrected chi connectivity index (χ2v) is 2.59. The molecule has 0 rings (SSSR count). The van der Waals surface area contributed by atoms with Gasteiger partial charge in [-0.15, -0.1) is 11.6 Å². The number of Topliss-reactive ketones (excluding diaryl/α,β-unsaturated/α-hetero) is 2. The van der Waals surface area contributed by atoms with Crippen LogP contribution in [-0.2, 0) is 9.59 Å². The molecule has 2 nitrogen and oxygen atoms in total. The minimum atomic E-state index is -1.28. The van der Waals surface area contributed by atoms with E-state index in [2.05, 4.69) is 0 Å². The highest BCUT2D eigenvalue weighted by Gasteiger charge is 2.19. The van der Waals surface area contributed by atoms with Crippen LogP contribution in [0.4, 0.5) is 0 Å². The Bertz CT molecular complexity index is 132. The van der Waals surface area contributed by atoms with E-state index in [0.29, 0.717) is 0 Å². The Hall–Kier alpha value is 0.210.